The second-order valence-corrected chi connectivity index (χ2v) is 9.93. The number of hydrogen-bond acceptors (Lipinski definition) is 5. The molecule has 4 nitrogen and oxygen atoms in total. The number of carbonyl (C=O) groups is 2. The van der Waals surface area contributed by atoms with Crippen molar-refractivity contribution in [2.24, 2.45) is 0 Å². The number of benzene rings is 3. The second-order valence-electron chi connectivity index (χ2n) is 7.70. The van der Waals surface area contributed by atoms with E-state index in [0.29, 0.717) is 15.7 Å². The van der Waals surface area contributed by atoms with Crippen LogP contribution in [0, 0.1) is 0 Å². The molecule has 0 unspecified atom stereocenters. The highest BCUT2D eigenvalue weighted by atomic mass is 32.2. The molecule has 0 spiro atoms. The van der Waals surface area contributed by atoms with Gasteiger partial charge in [-0.25, -0.2) is 4.79 Å². The molecule has 0 saturated carbocycles. The molecule has 0 aliphatic carbocycles. The number of ketones is 1. The Labute approximate surface area is 209 Å². The molecule has 0 radical (unpaired) electrons. The highest BCUT2D eigenvalue weighted by molar-refractivity contribution is 8.21. The number of nitrogens with zero attached hydrogens (tertiary/aromatic N) is 1. The third-order valence-electron chi connectivity index (χ3n) is 4.93. The van der Waals surface area contributed by atoms with Crippen molar-refractivity contribution in [3.05, 3.63) is 118 Å². The second kappa shape index (κ2) is 12.9. The topological polar surface area (TPSA) is 57.6 Å². The van der Waals surface area contributed by atoms with E-state index >= 15 is 0 Å². The van der Waals surface area contributed by atoms with Crippen molar-refractivity contribution in [2.75, 3.05) is 19.0 Å². The Morgan fingerprint density at radius 1 is 0.794 bits per heavy atom. The number of rotatable bonds is 11. The minimum Gasteiger partial charge on any atom is -0.477 e. The summed E-state index contributed by atoms with van der Waals surface area (Å²) >= 11 is 2.77. The Morgan fingerprint density at radius 3 is 1.74 bits per heavy atom. The van der Waals surface area contributed by atoms with Gasteiger partial charge in [-0.2, -0.15) is 0 Å². The summed E-state index contributed by atoms with van der Waals surface area (Å²) in [5.41, 5.74) is 3.83. The zero-order valence-electron chi connectivity index (χ0n) is 19.2. The number of hydrogen-bond donors (Lipinski definition) is 1. The molecule has 0 amide bonds. The summed E-state index contributed by atoms with van der Waals surface area (Å²) in [5.74, 6) is -0.566. The van der Waals surface area contributed by atoms with Gasteiger partial charge in [0.1, 0.15) is 5.57 Å². The van der Waals surface area contributed by atoms with Crippen LogP contribution in [0.25, 0.3) is 6.08 Å². The molecule has 3 aromatic rings. The van der Waals surface area contributed by atoms with Gasteiger partial charge >= 0.3 is 5.97 Å². The van der Waals surface area contributed by atoms with Crippen LogP contribution in [-0.2, 0) is 21.1 Å². The van der Waals surface area contributed by atoms with E-state index in [4.69, 9.17) is 0 Å². The van der Waals surface area contributed by atoms with Crippen LogP contribution in [-0.4, -0.2) is 31.0 Å². The number of allylic oxidation sites excluding steroid dienone is 1. The maximum Gasteiger partial charge on any atom is 0.341 e. The molecule has 0 aliphatic heterocycles. The summed E-state index contributed by atoms with van der Waals surface area (Å²) in [4.78, 5) is 27.2. The van der Waals surface area contributed by atoms with Crippen LogP contribution < -0.4 is 4.90 Å². The molecule has 174 valence electrons. The summed E-state index contributed by atoms with van der Waals surface area (Å²) in [7, 11) is 3.92. The monoisotopic (exact) mass is 489 g/mol. The van der Waals surface area contributed by atoms with E-state index in [2.05, 4.69) is 0 Å². The molecule has 3 rings (SSSR count). The summed E-state index contributed by atoms with van der Waals surface area (Å²) < 4.78 is 0.512. The highest BCUT2D eigenvalue weighted by Crippen LogP contribution is 2.37. The molecule has 3 aromatic carbocycles. The maximum absolute atomic E-state index is 13.0. The van der Waals surface area contributed by atoms with Gasteiger partial charge in [-0.05, 0) is 34.9 Å². The third-order valence-corrected chi connectivity index (χ3v) is 7.52. The summed E-state index contributed by atoms with van der Waals surface area (Å²) in [6.07, 6.45) is 3.01. The van der Waals surface area contributed by atoms with Gasteiger partial charge in [0.25, 0.3) is 0 Å². The normalized spacial score (nSPS) is 10.8. The lowest BCUT2D eigenvalue weighted by atomic mass is 10.1. The van der Waals surface area contributed by atoms with Crippen LogP contribution in [0.15, 0.2) is 101 Å². The fourth-order valence-corrected chi connectivity index (χ4v) is 5.40. The van der Waals surface area contributed by atoms with Gasteiger partial charge < -0.3 is 10.0 Å². The Balaban J connectivity index is 1.85. The van der Waals surface area contributed by atoms with Crippen molar-refractivity contribution < 1.29 is 14.7 Å². The zero-order valence-corrected chi connectivity index (χ0v) is 20.8. The average Bonchev–Trinajstić information content (AvgIpc) is 2.85. The van der Waals surface area contributed by atoms with Crippen molar-refractivity contribution in [3.8, 4) is 0 Å². The first kappa shape index (κ1) is 25.4. The summed E-state index contributed by atoms with van der Waals surface area (Å²) in [6.45, 7) is 0. The molecule has 0 saturated heterocycles. The number of anilines is 1. The molecule has 0 aromatic heterocycles. The number of carbonyl (C=O) groups excluding carboxylic acids is 1. The molecule has 0 fully saturated rings. The SMILES string of the molecule is CN(C)c1ccc(/C=C/C(=O)C(C(=O)O)=C(SCc2ccccc2)SCc2ccccc2)cc1. The average molecular weight is 490 g/mol. The largest absolute Gasteiger partial charge is 0.477 e. The van der Waals surface area contributed by atoms with Crippen LogP contribution in [0.5, 0.6) is 0 Å². The van der Waals surface area contributed by atoms with E-state index < -0.39 is 11.8 Å². The van der Waals surface area contributed by atoms with Gasteiger partial charge in [-0.15, -0.1) is 23.5 Å². The van der Waals surface area contributed by atoms with E-state index in [1.807, 2.05) is 104 Å². The van der Waals surface area contributed by atoms with Crippen molar-refractivity contribution >= 4 is 47.0 Å². The van der Waals surface area contributed by atoms with E-state index in [1.54, 1.807) is 6.08 Å². The van der Waals surface area contributed by atoms with Crippen molar-refractivity contribution in [2.45, 2.75) is 11.5 Å². The van der Waals surface area contributed by atoms with E-state index in [-0.39, 0.29) is 5.57 Å². The molecular formula is C28H27NO3S2. The standard InChI is InChI=1S/C28H27NO3S2/c1-29(2)24-16-13-21(14-17-24)15-18-25(30)26(27(31)32)28(33-19-22-9-5-3-6-10-22)34-20-23-11-7-4-8-12-23/h3-18H,19-20H2,1-2H3,(H,31,32)/b18-15+. The van der Waals surface area contributed by atoms with Gasteiger partial charge in [-0.1, -0.05) is 78.9 Å². The Hall–Kier alpha value is -3.22. The first-order valence-electron chi connectivity index (χ1n) is 10.7. The number of aliphatic carboxylic acids is 1. The Morgan fingerprint density at radius 2 is 1.29 bits per heavy atom. The highest BCUT2D eigenvalue weighted by Gasteiger charge is 2.22. The first-order valence-corrected chi connectivity index (χ1v) is 12.7. The minimum atomic E-state index is -1.21. The lowest BCUT2D eigenvalue weighted by Gasteiger charge is -2.12. The zero-order chi connectivity index (χ0) is 24.3. The van der Waals surface area contributed by atoms with Gasteiger partial charge in [0.05, 0.1) is 4.24 Å². The molecule has 34 heavy (non-hydrogen) atoms. The van der Waals surface area contributed by atoms with Crippen LogP contribution in [0.2, 0.25) is 0 Å². The molecule has 0 bridgehead atoms. The van der Waals surface area contributed by atoms with Gasteiger partial charge in [0, 0.05) is 31.3 Å². The molecule has 6 heteroatoms. The maximum atomic E-state index is 13.0. The van der Waals surface area contributed by atoms with Crippen LogP contribution in [0.3, 0.4) is 0 Å². The molecule has 0 heterocycles. The fourth-order valence-electron chi connectivity index (χ4n) is 3.06. The Kier molecular flexibility index (Phi) is 9.62. The predicted molar refractivity (Wildman–Crippen MR) is 145 cm³/mol. The van der Waals surface area contributed by atoms with Crippen LogP contribution in [0.4, 0.5) is 5.69 Å². The third kappa shape index (κ3) is 7.68. The number of carboxylic acid groups (broad SMARTS) is 1. The lowest BCUT2D eigenvalue weighted by molar-refractivity contribution is -0.134. The first-order chi connectivity index (χ1) is 16.4. The van der Waals surface area contributed by atoms with Crippen molar-refractivity contribution in [1.29, 1.82) is 0 Å². The van der Waals surface area contributed by atoms with Crippen LogP contribution in [0.1, 0.15) is 16.7 Å². The van der Waals surface area contributed by atoms with E-state index in [9.17, 15) is 14.7 Å². The molecular weight excluding hydrogens is 462 g/mol. The Bertz CT molecular complexity index is 1110. The van der Waals surface area contributed by atoms with Gasteiger partial charge in [0.15, 0.2) is 5.78 Å². The molecule has 1 N–H and O–H groups in total. The molecule has 0 atom stereocenters. The fraction of sp³-hybridized carbons (Fsp3) is 0.143. The van der Waals surface area contributed by atoms with Crippen LogP contribution >= 0.6 is 23.5 Å². The number of thioether (sulfide) groups is 2. The van der Waals surface area contributed by atoms with Crippen molar-refractivity contribution in [1.82, 2.24) is 0 Å². The number of carboxylic acids is 1. The van der Waals surface area contributed by atoms with Gasteiger partial charge in [-0.3, -0.25) is 4.79 Å². The summed E-state index contributed by atoms with van der Waals surface area (Å²) in [6, 6.07) is 27.4. The van der Waals surface area contributed by atoms with Gasteiger partial charge in [0.2, 0.25) is 0 Å². The van der Waals surface area contributed by atoms with E-state index in [0.717, 1.165) is 22.4 Å². The molecule has 0 aliphatic rings. The smallest absolute Gasteiger partial charge is 0.341 e. The van der Waals surface area contributed by atoms with E-state index in [1.165, 1.54) is 29.6 Å². The van der Waals surface area contributed by atoms with Crippen molar-refractivity contribution in [3.63, 3.8) is 0 Å². The predicted octanol–water partition coefficient (Wildman–Crippen LogP) is 6.50. The quantitative estimate of drug-likeness (QED) is 0.189. The minimum absolute atomic E-state index is 0.192. The lowest BCUT2D eigenvalue weighted by Crippen LogP contribution is -2.12. The summed E-state index contributed by atoms with van der Waals surface area (Å²) in [5, 5.41) is 9.96.